The largest absolute Gasteiger partial charge is 0.395 e. The molecule has 0 bridgehead atoms. The normalized spacial score (nSPS) is 10.8. The number of nitrogens with one attached hydrogen (secondary N) is 2. The van der Waals surface area contributed by atoms with Crippen molar-refractivity contribution in [2.75, 3.05) is 18.5 Å². The summed E-state index contributed by atoms with van der Waals surface area (Å²) in [5.74, 6) is 0.384. The Labute approximate surface area is 151 Å². The van der Waals surface area contributed by atoms with Crippen molar-refractivity contribution in [1.82, 2.24) is 15.3 Å². The molecule has 0 saturated carbocycles. The molecular weight excluding hydrogens is 371 g/mol. The van der Waals surface area contributed by atoms with Crippen molar-refractivity contribution < 1.29 is 9.90 Å². The van der Waals surface area contributed by atoms with Crippen LogP contribution in [0, 0.1) is 0 Å². The van der Waals surface area contributed by atoms with Crippen LogP contribution < -0.4 is 10.6 Å². The summed E-state index contributed by atoms with van der Waals surface area (Å²) in [4.78, 5) is 20.5. The van der Waals surface area contributed by atoms with Gasteiger partial charge in [-0.3, -0.25) is 5.32 Å². The number of hydrogen-bond donors (Lipinski definition) is 3. The molecule has 0 saturated heterocycles. The van der Waals surface area contributed by atoms with Crippen LogP contribution in [-0.2, 0) is 0 Å². The second-order valence-electron chi connectivity index (χ2n) is 4.73. The van der Waals surface area contributed by atoms with Crippen molar-refractivity contribution in [2.24, 2.45) is 0 Å². The van der Waals surface area contributed by atoms with Crippen LogP contribution in [-0.4, -0.2) is 34.3 Å². The van der Waals surface area contributed by atoms with Crippen molar-refractivity contribution in [1.29, 1.82) is 0 Å². The summed E-state index contributed by atoms with van der Waals surface area (Å²) in [5, 5.41) is 15.5. The maximum absolute atomic E-state index is 11.8. The molecule has 6 nitrogen and oxygen atoms in total. The number of aliphatic hydroxyl groups is 1. The molecule has 3 rings (SSSR count). The van der Waals surface area contributed by atoms with Gasteiger partial charge in [-0.05, 0) is 18.2 Å². The second kappa shape index (κ2) is 7.31. The van der Waals surface area contributed by atoms with Crippen LogP contribution in [0.2, 0.25) is 10.0 Å². The monoisotopic (exact) mass is 382 g/mol. The standard InChI is InChI=1S/C15H12Cl2N4O2S/c16-8-2-1-3-9(17)11(8)14-20-10-4-5-18-13(12(10)24-14)21-15(23)19-6-7-22/h1-5,22H,6-7H2,(H2,18,19,21,23). The first-order valence-electron chi connectivity index (χ1n) is 6.96. The van der Waals surface area contributed by atoms with Gasteiger partial charge in [-0.25, -0.2) is 14.8 Å². The fourth-order valence-electron chi connectivity index (χ4n) is 2.07. The predicted octanol–water partition coefficient (Wildman–Crippen LogP) is 3.78. The number of carbonyl (C=O) groups excluding carboxylic acids is 1. The van der Waals surface area contributed by atoms with Crippen LogP contribution in [0.5, 0.6) is 0 Å². The van der Waals surface area contributed by atoms with Crippen molar-refractivity contribution in [3.05, 3.63) is 40.5 Å². The first-order chi connectivity index (χ1) is 11.6. The van der Waals surface area contributed by atoms with Gasteiger partial charge in [0, 0.05) is 18.3 Å². The third-order valence-corrected chi connectivity index (χ3v) is 4.84. The average Bonchev–Trinajstić information content (AvgIpc) is 2.97. The summed E-state index contributed by atoms with van der Waals surface area (Å²) in [6, 6.07) is 6.55. The lowest BCUT2D eigenvalue weighted by Gasteiger charge is -2.05. The Morgan fingerprint density at radius 1 is 1.25 bits per heavy atom. The number of urea groups is 1. The fourth-order valence-corrected chi connectivity index (χ4v) is 3.84. The zero-order valence-electron chi connectivity index (χ0n) is 12.2. The quantitative estimate of drug-likeness (QED) is 0.640. The van der Waals surface area contributed by atoms with Gasteiger partial charge < -0.3 is 10.4 Å². The molecule has 124 valence electrons. The van der Waals surface area contributed by atoms with Gasteiger partial charge in [0.2, 0.25) is 0 Å². The lowest BCUT2D eigenvalue weighted by atomic mass is 10.2. The molecule has 0 aliphatic carbocycles. The number of aromatic nitrogens is 2. The number of amides is 2. The summed E-state index contributed by atoms with van der Waals surface area (Å²) in [5.41, 5.74) is 1.33. The number of benzene rings is 1. The number of pyridine rings is 1. The van der Waals surface area contributed by atoms with E-state index >= 15 is 0 Å². The van der Waals surface area contributed by atoms with Crippen LogP contribution in [0.25, 0.3) is 20.8 Å². The first-order valence-corrected chi connectivity index (χ1v) is 8.53. The maximum atomic E-state index is 11.8. The molecule has 0 aliphatic heterocycles. The fraction of sp³-hybridized carbons (Fsp3) is 0.133. The second-order valence-corrected chi connectivity index (χ2v) is 6.54. The third kappa shape index (κ3) is 3.44. The summed E-state index contributed by atoms with van der Waals surface area (Å²) in [6.07, 6.45) is 1.56. The number of carbonyl (C=O) groups is 1. The molecule has 3 aromatic rings. The molecule has 24 heavy (non-hydrogen) atoms. The van der Waals surface area contributed by atoms with Crippen molar-refractivity contribution in [3.8, 4) is 10.6 Å². The van der Waals surface area contributed by atoms with Crippen LogP contribution >= 0.6 is 34.5 Å². The van der Waals surface area contributed by atoms with E-state index in [1.165, 1.54) is 11.3 Å². The molecule has 0 fully saturated rings. The molecule has 0 atom stereocenters. The van der Waals surface area contributed by atoms with E-state index in [1.54, 1.807) is 30.5 Å². The molecular formula is C15H12Cl2N4O2S. The number of thiazole rings is 1. The highest BCUT2D eigenvalue weighted by molar-refractivity contribution is 7.22. The van der Waals surface area contributed by atoms with E-state index in [2.05, 4.69) is 20.6 Å². The molecule has 3 N–H and O–H groups in total. The summed E-state index contributed by atoms with van der Waals surface area (Å²) < 4.78 is 0.711. The highest BCUT2D eigenvalue weighted by atomic mass is 35.5. The van der Waals surface area contributed by atoms with Gasteiger partial charge in [0.15, 0.2) is 5.82 Å². The summed E-state index contributed by atoms with van der Waals surface area (Å²) in [6.45, 7) is 0.0196. The topological polar surface area (TPSA) is 87.1 Å². The molecule has 2 aromatic heterocycles. The molecule has 9 heteroatoms. The lowest BCUT2D eigenvalue weighted by Crippen LogP contribution is -2.31. The van der Waals surface area contributed by atoms with E-state index in [9.17, 15) is 4.79 Å². The summed E-state index contributed by atoms with van der Waals surface area (Å²) >= 11 is 13.8. The number of aliphatic hydroxyl groups excluding tert-OH is 1. The minimum absolute atomic E-state index is 0.138. The molecule has 2 heterocycles. The summed E-state index contributed by atoms with van der Waals surface area (Å²) in [7, 11) is 0. The van der Waals surface area contributed by atoms with Gasteiger partial charge in [0.05, 0.1) is 26.9 Å². The van der Waals surface area contributed by atoms with Gasteiger partial charge in [-0.15, -0.1) is 11.3 Å². The number of anilines is 1. The minimum Gasteiger partial charge on any atom is -0.395 e. The molecule has 0 unspecified atom stereocenters. The van der Waals surface area contributed by atoms with E-state index in [0.717, 1.165) is 0 Å². The van der Waals surface area contributed by atoms with E-state index in [-0.39, 0.29) is 13.2 Å². The van der Waals surface area contributed by atoms with E-state index in [1.807, 2.05) is 0 Å². The Hall–Kier alpha value is -1.93. The van der Waals surface area contributed by atoms with Gasteiger partial charge in [0.1, 0.15) is 5.01 Å². The SMILES string of the molecule is O=C(NCCO)Nc1nccc2nc(-c3c(Cl)cccc3Cl)sc12. The molecule has 2 amide bonds. The highest BCUT2D eigenvalue weighted by Crippen LogP contribution is 2.40. The Morgan fingerprint density at radius 3 is 2.71 bits per heavy atom. The number of nitrogens with zero attached hydrogens (tertiary/aromatic N) is 2. The zero-order chi connectivity index (χ0) is 17.1. The van der Waals surface area contributed by atoms with Crippen LogP contribution in [0.4, 0.5) is 10.6 Å². The van der Waals surface area contributed by atoms with Crippen molar-refractivity contribution in [3.63, 3.8) is 0 Å². The van der Waals surface area contributed by atoms with E-state index in [4.69, 9.17) is 28.3 Å². The number of hydrogen-bond acceptors (Lipinski definition) is 5. The van der Waals surface area contributed by atoms with Crippen molar-refractivity contribution >= 4 is 56.6 Å². The molecule has 0 aliphatic rings. The van der Waals surface area contributed by atoms with Gasteiger partial charge in [0.25, 0.3) is 0 Å². The number of rotatable bonds is 4. The number of fused-ring (bicyclic) bond motifs is 1. The molecule has 1 aromatic carbocycles. The van der Waals surface area contributed by atoms with Gasteiger partial charge in [-0.1, -0.05) is 29.3 Å². The Kier molecular flexibility index (Phi) is 5.15. The molecule has 0 spiro atoms. The molecule has 0 radical (unpaired) electrons. The Balaban J connectivity index is 2.00. The zero-order valence-corrected chi connectivity index (χ0v) is 14.5. The first kappa shape index (κ1) is 16.9. The van der Waals surface area contributed by atoms with Gasteiger partial charge in [-0.2, -0.15) is 0 Å². The Morgan fingerprint density at radius 2 is 2.00 bits per heavy atom. The smallest absolute Gasteiger partial charge is 0.320 e. The van der Waals surface area contributed by atoms with Crippen LogP contribution in [0.3, 0.4) is 0 Å². The maximum Gasteiger partial charge on any atom is 0.320 e. The predicted molar refractivity (Wildman–Crippen MR) is 97.0 cm³/mol. The average molecular weight is 383 g/mol. The van der Waals surface area contributed by atoms with Crippen molar-refractivity contribution in [2.45, 2.75) is 0 Å². The van der Waals surface area contributed by atoms with E-state index in [0.29, 0.717) is 36.7 Å². The highest BCUT2D eigenvalue weighted by Gasteiger charge is 2.16. The van der Waals surface area contributed by atoms with Gasteiger partial charge >= 0.3 is 6.03 Å². The van der Waals surface area contributed by atoms with Crippen LogP contribution in [0.1, 0.15) is 0 Å². The van der Waals surface area contributed by atoms with Crippen LogP contribution in [0.15, 0.2) is 30.5 Å². The third-order valence-electron chi connectivity index (χ3n) is 3.11. The number of halogens is 2. The Bertz CT molecular complexity index is 880. The minimum atomic E-state index is -0.449. The lowest BCUT2D eigenvalue weighted by molar-refractivity contribution is 0.244. The van der Waals surface area contributed by atoms with E-state index < -0.39 is 6.03 Å².